The van der Waals surface area contributed by atoms with Crippen molar-refractivity contribution in [3.8, 4) is 5.75 Å². The zero-order valence-corrected chi connectivity index (χ0v) is 20.4. The van der Waals surface area contributed by atoms with Gasteiger partial charge in [0.05, 0.1) is 22.6 Å². The van der Waals surface area contributed by atoms with Crippen molar-refractivity contribution in [2.45, 2.75) is 63.3 Å². The van der Waals surface area contributed by atoms with Crippen molar-refractivity contribution in [3.05, 3.63) is 23.8 Å². The fraction of sp³-hybridized carbons (Fsp3) is 0.696. The first kappa shape index (κ1) is 24.8. The SMILES string of the molecule is CO[C@H]1CN(C)C(=O)c2ccc(NS(=O)(=O)C3CCCCC3)cc2OC[C@@H](C)NC[C@@H]1C. The van der Waals surface area contributed by atoms with E-state index in [9.17, 15) is 13.2 Å². The number of fused-ring (bicyclic) bond motifs is 1. The van der Waals surface area contributed by atoms with Gasteiger partial charge in [0, 0.05) is 39.4 Å². The Hall–Kier alpha value is -1.84. The molecule has 1 heterocycles. The number of nitrogens with one attached hydrogen (secondary N) is 2. The van der Waals surface area contributed by atoms with Crippen LogP contribution in [-0.2, 0) is 14.8 Å². The quantitative estimate of drug-likeness (QED) is 0.707. The third kappa shape index (κ3) is 6.14. The van der Waals surface area contributed by atoms with Crippen LogP contribution in [0.15, 0.2) is 18.2 Å². The molecule has 0 aromatic heterocycles. The summed E-state index contributed by atoms with van der Waals surface area (Å²) in [7, 11) is -0.0789. The summed E-state index contributed by atoms with van der Waals surface area (Å²) in [5, 5.41) is 3.08. The third-order valence-electron chi connectivity index (χ3n) is 6.48. The maximum atomic E-state index is 13.2. The highest BCUT2D eigenvalue weighted by atomic mass is 32.2. The molecule has 1 aromatic carbocycles. The van der Waals surface area contributed by atoms with Crippen LogP contribution >= 0.6 is 0 Å². The van der Waals surface area contributed by atoms with Crippen molar-refractivity contribution in [1.82, 2.24) is 10.2 Å². The second-order valence-electron chi connectivity index (χ2n) is 9.18. The zero-order chi connectivity index (χ0) is 23.3. The topological polar surface area (TPSA) is 97.0 Å². The Morgan fingerprint density at radius 3 is 2.59 bits per heavy atom. The molecular formula is C23H37N3O5S. The number of benzene rings is 1. The number of ether oxygens (including phenoxy) is 2. The number of carbonyl (C=O) groups excluding carboxylic acids is 1. The lowest BCUT2D eigenvalue weighted by atomic mass is 10.0. The van der Waals surface area contributed by atoms with Crippen LogP contribution in [0.3, 0.4) is 0 Å². The highest BCUT2D eigenvalue weighted by molar-refractivity contribution is 7.93. The molecule has 3 atom stereocenters. The van der Waals surface area contributed by atoms with Crippen LogP contribution in [0.5, 0.6) is 5.75 Å². The summed E-state index contributed by atoms with van der Waals surface area (Å²) in [4.78, 5) is 14.8. The van der Waals surface area contributed by atoms with E-state index >= 15 is 0 Å². The summed E-state index contributed by atoms with van der Waals surface area (Å²) in [6, 6.07) is 4.95. The van der Waals surface area contributed by atoms with Gasteiger partial charge in [-0.15, -0.1) is 0 Å². The van der Waals surface area contributed by atoms with Gasteiger partial charge in [-0.05, 0) is 37.8 Å². The van der Waals surface area contributed by atoms with Crippen molar-refractivity contribution in [1.29, 1.82) is 0 Å². The normalized spacial score (nSPS) is 26.4. The molecule has 1 aliphatic carbocycles. The number of carbonyl (C=O) groups is 1. The first-order valence-electron chi connectivity index (χ1n) is 11.5. The molecule has 0 saturated heterocycles. The summed E-state index contributed by atoms with van der Waals surface area (Å²) in [5.74, 6) is 0.409. The number of rotatable bonds is 4. The van der Waals surface area contributed by atoms with Crippen LogP contribution in [0.2, 0.25) is 0 Å². The predicted molar refractivity (Wildman–Crippen MR) is 126 cm³/mol. The molecule has 3 rings (SSSR count). The van der Waals surface area contributed by atoms with Crippen LogP contribution in [0, 0.1) is 5.92 Å². The lowest BCUT2D eigenvalue weighted by molar-refractivity contribution is 0.0281. The van der Waals surface area contributed by atoms with Crippen molar-refractivity contribution < 1.29 is 22.7 Å². The Morgan fingerprint density at radius 2 is 1.91 bits per heavy atom. The van der Waals surface area contributed by atoms with Crippen molar-refractivity contribution >= 4 is 21.6 Å². The summed E-state index contributed by atoms with van der Waals surface area (Å²) < 4.78 is 40.1. The van der Waals surface area contributed by atoms with Gasteiger partial charge in [0.1, 0.15) is 12.4 Å². The summed E-state index contributed by atoms with van der Waals surface area (Å²) in [6.07, 6.45) is 4.22. The molecule has 9 heteroatoms. The Balaban J connectivity index is 1.86. The summed E-state index contributed by atoms with van der Waals surface area (Å²) in [5.41, 5.74) is 0.823. The maximum absolute atomic E-state index is 13.2. The molecule has 2 N–H and O–H groups in total. The average molecular weight is 468 g/mol. The monoisotopic (exact) mass is 467 g/mol. The van der Waals surface area contributed by atoms with E-state index in [2.05, 4.69) is 17.0 Å². The molecule has 0 bridgehead atoms. The number of anilines is 1. The van der Waals surface area contributed by atoms with E-state index < -0.39 is 10.0 Å². The van der Waals surface area contributed by atoms with Gasteiger partial charge in [0.15, 0.2) is 0 Å². The Morgan fingerprint density at radius 1 is 1.19 bits per heavy atom. The van der Waals surface area contributed by atoms with E-state index in [1.54, 1.807) is 37.3 Å². The minimum absolute atomic E-state index is 0.0534. The molecule has 1 amide bonds. The van der Waals surface area contributed by atoms with E-state index in [1.807, 2.05) is 6.92 Å². The largest absolute Gasteiger partial charge is 0.491 e. The minimum Gasteiger partial charge on any atom is -0.491 e. The van der Waals surface area contributed by atoms with Gasteiger partial charge in [-0.1, -0.05) is 26.2 Å². The van der Waals surface area contributed by atoms with Gasteiger partial charge in [-0.3, -0.25) is 9.52 Å². The van der Waals surface area contributed by atoms with Gasteiger partial charge in [-0.2, -0.15) is 0 Å². The van der Waals surface area contributed by atoms with Gasteiger partial charge in [-0.25, -0.2) is 8.42 Å². The molecule has 8 nitrogen and oxygen atoms in total. The Bertz CT molecular complexity index is 886. The standard InChI is InChI=1S/C23H37N3O5S/c1-16-13-24-17(2)15-31-21-12-18(25-32(28,29)19-8-6-5-7-9-19)10-11-20(21)23(27)26(3)14-22(16)30-4/h10-12,16-17,19,22,24-25H,5-9,13-15H2,1-4H3/t16-,17+,22-/m0/s1. The number of hydrogen-bond donors (Lipinski definition) is 2. The van der Waals surface area contributed by atoms with Gasteiger partial charge in [0.2, 0.25) is 10.0 Å². The number of amides is 1. The fourth-order valence-corrected chi connectivity index (χ4v) is 5.92. The second-order valence-corrected chi connectivity index (χ2v) is 11.1. The minimum atomic E-state index is -3.48. The van der Waals surface area contributed by atoms with Gasteiger partial charge >= 0.3 is 0 Å². The molecule has 1 saturated carbocycles. The van der Waals surface area contributed by atoms with Crippen LogP contribution in [0.1, 0.15) is 56.3 Å². The van der Waals surface area contributed by atoms with Crippen LogP contribution in [-0.4, -0.2) is 70.5 Å². The van der Waals surface area contributed by atoms with E-state index in [0.29, 0.717) is 43.0 Å². The number of methoxy groups -OCH3 is 1. The molecule has 2 aliphatic rings. The smallest absolute Gasteiger partial charge is 0.257 e. The highest BCUT2D eigenvalue weighted by Gasteiger charge is 2.29. The fourth-order valence-electron chi connectivity index (χ4n) is 4.34. The summed E-state index contributed by atoms with van der Waals surface area (Å²) >= 11 is 0. The lowest BCUT2D eigenvalue weighted by Crippen LogP contribution is -2.44. The molecule has 0 spiro atoms. The number of nitrogens with zero attached hydrogens (tertiary/aromatic N) is 1. The van der Waals surface area contributed by atoms with Gasteiger partial charge in [0.25, 0.3) is 5.91 Å². The average Bonchev–Trinajstić information content (AvgIpc) is 2.78. The molecule has 1 fully saturated rings. The highest BCUT2D eigenvalue weighted by Crippen LogP contribution is 2.29. The number of sulfonamides is 1. The van der Waals surface area contributed by atoms with Crippen molar-refractivity contribution in [2.75, 3.05) is 38.6 Å². The van der Waals surface area contributed by atoms with Gasteiger partial charge < -0.3 is 19.7 Å². The molecular weight excluding hydrogens is 430 g/mol. The van der Waals surface area contributed by atoms with E-state index in [1.165, 1.54) is 0 Å². The van der Waals surface area contributed by atoms with Crippen LogP contribution in [0.25, 0.3) is 0 Å². The lowest BCUT2D eigenvalue weighted by Gasteiger charge is -2.30. The Kier molecular flexibility index (Phi) is 8.41. The van der Waals surface area contributed by atoms with E-state index in [4.69, 9.17) is 9.47 Å². The zero-order valence-electron chi connectivity index (χ0n) is 19.6. The predicted octanol–water partition coefficient (Wildman–Crippen LogP) is 2.85. The summed E-state index contributed by atoms with van der Waals surface area (Å²) in [6.45, 7) is 5.65. The number of hydrogen-bond acceptors (Lipinski definition) is 6. The molecule has 32 heavy (non-hydrogen) atoms. The van der Waals surface area contributed by atoms with Crippen molar-refractivity contribution in [3.63, 3.8) is 0 Å². The second kappa shape index (κ2) is 10.9. The first-order chi connectivity index (χ1) is 15.2. The number of likely N-dealkylation sites (N-methyl/N-ethyl adjacent to an activating group) is 1. The molecule has 1 aliphatic heterocycles. The van der Waals surface area contributed by atoms with Crippen LogP contribution in [0.4, 0.5) is 5.69 Å². The molecule has 0 unspecified atom stereocenters. The van der Waals surface area contributed by atoms with Crippen molar-refractivity contribution in [2.24, 2.45) is 5.92 Å². The molecule has 1 aromatic rings. The Labute approximate surface area is 192 Å². The third-order valence-corrected chi connectivity index (χ3v) is 8.35. The first-order valence-corrected chi connectivity index (χ1v) is 13.1. The van der Waals surface area contributed by atoms with E-state index in [-0.39, 0.29) is 29.2 Å². The molecule has 0 radical (unpaired) electrons. The maximum Gasteiger partial charge on any atom is 0.257 e. The van der Waals surface area contributed by atoms with Crippen LogP contribution < -0.4 is 14.8 Å². The van der Waals surface area contributed by atoms with E-state index in [0.717, 1.165) is 25.8 Å². The molecule has 180 valence electrons.